The van der Waals surface area contributed by atoms with Crippen molar-refractivity contribution < 1.29 is 18.7 Å². The van der Waals surface area contributed by atoms with Crippen LogP contribution in [0.15, 0.2) is 12.1 Å². The van der Waals surface area contributed by atoms with Crippen LogP contribution in [0.2, 0.25) is 0 Å². The van der Waals surface area contributed by atoms with Gasteiger partial charge in [-0.3, -0.25) is 0 Å². The van der Waals surface area contributed by atoms with Gasteiger partial charge in [-0.05, 0) is 18.9 Å². The summed E-state index contributed by atoms with van der Waals surface area (Å²) >= 11 is 0. The van der Waals surface area contributed by atoms with Crippen molar-refractivity contribution in [3.05, 3.63) is 29.3 Å². The lowest BCUT2D eigenvalue weighted by Gasteiger charge is -2.52. The normalized spacial score (nSPS) is 21.0. The Morgan fingerprint density at radius 2 is 1.62 bits per heavy atom. The largest absolute Gasteiger partial charge is 0.478 e. The van der Waals surface area contributed by atoms with Gasteiger partial charge < -0.3 is 10.0 Å². The highest BCUT2D eigenvalue weighted by Crippen LogP contribution is 2.45. The second-order valence-corrected chi connectivity index (χ2v) is 6.36. The van der Waals surface area contributed by atoms with Gasteiger partial charge in [0.25, 0.3) is 0 Å². The summed E-state index contributed by atoms with van der Waals surface area (Å²) in [6, 6.07) is 1.80. The van der Waals surface area contributed by atoms with E-state index in [0.29, 0.717) is 5.69 Å². The maximum absolute atomic E-state index is 13.4. The zero-order chi connectivity index (χ0) is 15.0. The van der Waals surface area contributed by atoms with E-state index in [-0.39, 0.29) is 11.0 Å². The molecule has 0 atom stereocenters. The van der Waals surface area contributed by atoms with E-state index >= 15 is 0 Å². The topological polar surface area (TPSA) is 40.5 Å². The second kappa shape index (κ2) is 5.28. The molecule has 1 heterocycles. The minimum Gasteiger partial charge on any atom is -0.478 e. The van der Waals surface area contributed by atoms with Crippen LogP contribution in [-0.2, 0) is 0 Å². The second-order valence-electron chi connectivity index (χ2n) is 6.36. The molecule has 3 rings (SSSR count). The van der Waals surface area contributed by atoms with Gasteiger partial charge in [0, 0.05) is 24.6 Å². The molecule has 1 N–H and O–H groups in total. The summed E-state index contributed by atoms with van der Waals surface area (Å²) in [5.41, 5.74) is 0.394. The molecule has 0 bridgehead atoms. The Morgan fingerprint density at radius 3 is 2.19 bits per heavy atom. The van der Waals surface area contributed by atoms with Crippen molar-refractivity contribution in [3.63, 3.8) is 0 Å². The van der Waals surface area contributed by atoms with Gasteiger partial charge in [0.15, 0.2) is 11.6 Å². The Labute approximate surface area is 122 Å². The van der Waals surface area contributed by atoms with E-state index in [2.05, 4.69) is 0 Å². The Balaban J connectivity index is 1.83. The Kier molecular flexibility index (Phi) is 3.59. The summed E-state index contributed by atoms with van der Waals surface area (Å²) < 4.78 is 26.7. The first-order valence-electron chi connectivity index (χ1n) is 7.48. The number of aromatic carboxylic acids is 1. The number of nitrogens with zero attached hydrogens (tertiary/aromatic N) is 1. The molecule has 1 saturated carbocycles. The fourth-order valence-corrected chi connectivity index (χ4v) is 3.70. The molecule has 2 aliphatic rings. The number of halogens is 2. The van der Waals surface area contributed by atoms with Crippen LogP contribution in [0.1, 0.15) is 48.9 Å². The predicted octanol–water partition coefficient (Wildman–Crippen LogP) is 3.82. The van der Waals surface area contributed by atoms with E-state index < -0.39 is 17.6 Å². The maximum Gasteiger partial charge on any atom is 0.337 e. The first kappa shape index (κ1) is 14.3. The Morgan fingerprint density at radius 1 is 1.05 bits per heavy atom. The zero-order valence-corrected chi connectivity index (χ0v) is 11.9. The van der Waals surface area contributed by atoms with Crippen molar-refractivity contribution in [1.29, 1.82) is 0 Å². The molecule has 3 nitrogen and oxygen atoms in total. The third-order valence-corrected chi connectivity index (χ3v) is 4.83. The van der Waals surface area contributed by atoms with Gasteiger partial charge in [0.2, 0.25) is 0 Å². The molecule has 2 fully saturated rings. The van der Waals surface area contributed by atoms with Crippen LogP contribution in [0.25, 0.3) is 0 Å². The van der Waals surface area contributed by atoms with Crippen molar-refractivity contribution in [3.8, 4) is 0 Å². The fraction of sp³-hybridized carbons (Fsp3) is 0.562. The molecule has 0 unspecified atom stereocenters. The summed E-state index contributed by atoms with van der Waals surface area (Å²) in [5, 5.41) is 9.18. The van der Waals surface area contributed by atoms with Crippen molar-refractivity contribution >= 4 is 11.7 Å². The predicted molar refractivity (Wildman–Crippen MR) is 75.7 cm³/mol. The smallest absolute Gasteiger partial charge is 0.337 e. The molecule has 5 heteroatoms. The molecule has 1 spiro atoms. The molecule has 1 aliphatic carbocycles. The lowest BCUT2D eigenvalue weighted by molar-refractivity contribution is 0.0695. The molecule has 114 valence electrons. The van der Waals surface area contributed by atoms with Crippen molar-refractivity contribution in [2.45, 2.75) is 38.5 Å². The van der Waals surface area contributed by atoms with Crippen LogP contribution in [-0.4, -0.2) is 24.2 Å². The van der Waals surface area contributed by atoms with Crippen molar-refractivity contribution in [2.24, 2.45) is 5.41 Å². The third kappa shape index (κ3) is 2.61. The van der Waals surface area contributed by atoms with Gasteiger partial charge in [-0.2, -0.15) is 0 Å². The van der Waals surface area contributed by atoms with E-state index in [1.54, 1.807) is 0 Å². The first-order chi connectivity index (χ1) is 10.0. The number of hydrogen-bond donors (Lipinski definition) is 1. The van der Waals surface area contributed by atoms with Crippen LogP contribution in [0.3, 0.4) is 0 Å². The van der Waals surface area contributed by atoms with Crippen LogP contribution in [0, 0.1) is 17.0 Å². The van der Waals surface area contributed by atoms with Crippen LogP contribution >= 0.6 is 0 Å². The van der Waals surface area contributed by atoms with Gasteiger partial charge in [0.05, 0.1) is 11.3 Å². The highest BCUT2D eigenvalue weighted by molar-refractivity contribution is 5.94. The number of carboxylic acids is 1. The summed E-state index contributed by atoms with van der Waals surface area (Å²) in [5.74, 6) is -3.32. The van der Waals surface area contributed by atoms with Gasteiger partial charge in [-0.1, -0.05) is 25.7 Å². The average Bonchev–Trinajstić information content (AvgIpc) is 2.65. The lowest BCUT2D eigenvalue weighted by Crippen LogP contribution is -2.56. The minimum atomic E-state index is -1.22. The number of hydrogen-bond acceptors (Lipinski definition) is 2. The molecule has 0 amide bonds. The van der Waals surface area contributed by atoms with Gasteiger partial charge >= 0.3 is 5.97 Å². The average molecular weight is 295 g/mol. The number of rotatable bonds is 2. The Bertz CT molecular complexity index is 558. The molecular weight excluding hydrogens is 276 g/mol. The van der Waals surface area contributed by atoms with Gasteiger partial charge in [0.1, 0.15) is 0 Å². The highest BCUT2D eigenvalue weighted by atomic mass is 19.2. The molecule has 0 radical (unpaired) electrons. The summed E-state index contributed by atoms with van der Waals surface area (Å²) in [7, 11) is 0. The molecule has 1 saturated heterocycles. The zero-order valence-electron chi connectivity index (χ0n) is 11.9. The number of benzene rings is 1. The lowest BCUT2D eigenvalue weighted by atomic mass is 9.73. The summed E-state index contributed by atoms with van der Waals surface area (Å²) in [6.07, 6.45) is 7.22. The standard InChI is InChI=1S/C16H19F2NO2/c17-12-7-11(15(20)21)14(8-13(12)18)19-9-16(10-19)5-3-1-2-4-6-16/h7-8H,1-6,9-10H2,(H,20,21). The van der Waals surface area contributed by atoms with Crippen LogP contribution in [0.5, 0.6) is 0 Å². The third-order valence-electron chi connectivity index (χ3n) is 4.83. The molecule has 21 heavy (non-hydrogen) atoms. The Hall–Kier alpha value is -1.65. The molecular formula is C16H19F2NO2. The number of carboxylic acid groups (broad SMARTS) is 1. The van der Waals surface area contributed by atoms with E-state index in [4.69, 9.17) is 0 Å². The van der Waals surface area contributed by atoms with E-state index in [1.807, 2.05) is 4.90 Å². The van der Waals surface area contributed by atoms with Crippen molar-refractivity contribution in [2.75, 3.05) is 18.0 Å². The van der Waals surface area contributed by atoms with E-state index in [1.165, 1.54) is 25.7 Å². The van der Waals surface area contributed by atoms with E-state index in [0.717, 1.165) is 38.1 Å². The quantitative estimate of drug-likeness (QED) is 0.901. The minimum absolute atomic E-state index is 0.155. The SMILES string of the molecule is O=C(O)c1cc(F)c(F)cc1N1CC2(CCCCCC2)C1. The first-order valence-corrected chi connectivity index (χ1v) is 7.48. The molecule has 0 aromatic heterocycles. The van der Waals surface area contributed by atoms with E-state index in [9.17, 15) is 18.7 Å². The summed E-state index contributed by atoms with van der Waals surface area (Å²) in [4.78, 5) is 13.1. The molecule has 1 aliphatic heterocycles. The fourth-order valence-electron chi connectivity index (χ4n) is 3.70. The van der Waals surface area contributed by atoms with Crippen molar-refractivity contribution in [1.82, 2.24) is 0 Å². The number of carbonyl (C=O) groups is 1. The molecule has 1 aromatic rings. The van der Waals surface area contributed by atoms with Gasteiger partial charge in [-0.25, -0.2) is 13.6 Å². The number of anilines is 1. The molecule has 1 aromatic carbocycles. The highest BCUT2D eigenvalue weighted by Gasteiger charge is 2.43. The monoisotopic (exact) mass is 295 g/mol. The van der Waals surface area contributed by atoms with Crippen LogP contribution in [0.4, 0.5) is 14.5 Å². The summed E-state index contributed by atoms with van der Waals surface area (Å²) in [6.45, 7) is 1.50. The maximum atomic E-state index is 13.4. The van der Waals surface area contributed by atoms with Gasteiger partial charge in [-0.15, -0.1) is 0 Å². The van der Waals surface area contributed by atoms with Crippen LogP contribution < -0.4 is 4.90 Å².